The van der Waals surface area contributed by atoms with Crippen LogP contribution in [-0.2, 0) is 5.41 Å². The van der Waals surface area contributed by atoms with Crippen molar-refractivity contribution < 1.29 is 0 Å². The van der Waals surface area contributed by atoms with E-state index in [1.165, 1.54) is 105 Å². The SMILES string of the molecule is CCC.CCC1CC2C(C)CC(CC2C)C(c2ccccc2)(c2ccc(-n3c4ccccc4c4cc5c(cc43)c3ccccc3n5-c3ccccc3)cc2)C1. The fourth-order valence-electron chi connectivity index (χ4n) is 11.3. The van der Waals surface area contributed by atoms with Crippen molar-refractivity contribution in [1.82, 2.24) is 9.13 Å². The summed E-state index contributed by atoms with van der Waals surface area (Å²) >= 11 is 0. The van der Waals surface area contributed by atoms with Crippen LogP contribution in [0.25, 0.3) is 55.0 Å². The first kappa shape index (κ1) is 35.6. The molecule has 3 saturated carbocycles. The van der Waals surface area contributed by atoms with E-state index in [2.05, 4.69) is 189 Å². The fraction of sp³-hybridized carbons (Fsp3) is 0.321. The molecule has 4 unspecified atom stereocenters. The van der Waals surface area contributed by atoms with Crippen molar-refractivity contribution >= 4 is 43.6 Å². The van der Waals surface area contributed by atoms with E-state index in [0.717, 1.165) is 23.7 Å². The number of aromatic nitrogens is 2. The summed E-state index contributed by atoms with van der Waals surface area (Å²) in [5, 5.41) is 5.15. The summed E-state index contributed by atoms with van der Waals surface area (Å²) in [4.78, 5) is 0. The number of hydrogen-bond donors (Lipinski definition) is 0. The molecular weight excluding hydrogens is 665 g/mol. The monoisotopic (exact) mass is 720 g/mol. The molecule has 2 heteroatoms. The molecule has 55 heavy (non-hydrogen) atoms. The molecule has 278 valence electrons. The zero-order valence-corrected chi connectivity index (χ0v) is 33.4. The second kappa shape index (κ2) is 14.5. The molecule has 11 rings (SSSR count). The Kier molecular flexibility index (Phi) is 9.41. The Hall–Kier alpha value is -5.08. The van der Waals surface area contributed by atoms with Gasteiger partial charge in [-0.2, -0.15) is 0 Å². The van der Waals surface area contributed by atoms with Gasteiger partial charge in [-0.15, -0.1) is 0 Å². The van der Waals surface area contributed by atoms with E-state index in [4.69, 9.17) is 0 Å². The molecule has 3 aliphatic carbocycles. The van der Waals surface area contributed by atoms with Gasteiger partial charge in [0.2, 0.25) is 0 Å². The van der Waals surface area contributed by atoms with Crippen molar-refractivity contribution in [2.24, 2.45) is 29.6 Å². The number of hydrogen-bond acceptors (Lipinski definition) is 0. The third-order valence-corrected chi connectivity index (χ3v) is 13.7. The van der Waals surface area contributed by atoms with Gasteiger partial charge in [0, 0.05) is 38.3 Å². The average Bonchev–Trinajstić information content (AvgIpc) is 3.72. The lowest BCUT2D eigenvalue weighted by Crippen LogP contribution is -2.47. The minimum Gasteiger partial charge on any atom is -0.309 e. The molecule has 2 nitrogen and oxygen atoms in total. The maximum atomic E-state index is 2.56. The standard InChI is InChI=1S/C50H48N2.C3H8/c1-4-35-29-43-33(2)27-38(28-34(43)3)50(32-35,36-15-7-5-8-16-36)37-23-25-40(26-24-37)52-47-22-14-12-20-42(47)45-30-48-44(31-49(45)52)41-19-11-13-21-46(41)51(48)39-17-9-6-10-18-39;1-3-2/h5-26,30-31,33-35,38,43H,4,27-29,32H2,1-3H3;3H2,1-2H3. The van der Waals surface area contributed by atoms with Crippen molar-refractivity contribution in [1.29, 1.82) is 0 Å². The summed E-state index contributed by atoms with van der Waals surface area (Å²) in [6.45, 7) is 11.8. The maximum absolute atomic E-state index is 2.56. The highest BCUT2D eigenvalue weighted by atomic mass is 15.0. The number of para-hydroxylation sites is 3. The Balaban J connectivity index is 0.00000128. The van der Waals surface area contributed by atoms with Crippen LogP contribution in [0, 0.1) is 29.6 Å². The van der Waals surface area contributed by atoms with Crippen molar-refractivity contribution in [3.8, 4) is 11.4 Å². The van der Waals surface area contributed by atoms with Crippen LogP contribution >= 0.6 is 0 Å². The second-order valence-corrected chi connectivity index (χ2v) is 17.0. The molecule has 0 amide bonds. The lowest BCUT2D eigenvalue weighted by molar-refractivity contribution is 0.0296. The Morgan fingerprint density at radius 1 is 0.491 bits per heavy atom. The van der Waals surface area contributed by atoms with Gasteiger partial charge in [0.05, 0.1) is 22.1 Å². The molecule has 2 aromatic heterocycles. The smallest absolute Gasteiger partial charge is 0.0548 e. The van der Waals surface area contributed by atoms with E-state index >= 15 is 0 Å². The molecule has 0 radical (unpaired) electrons. The lowest BCUT2D eigenvalue weighted by atomic mass is 9.50. The van der Waals surface area contributed by atoms with E-state index in [0.29, 0.717) is 5.92 Å². The topological polar surface area (TPSA) is 9.86 Å². The highest BCUT2D eigenvalue weighted by molar-refractivity contribution is 6.19. The number of rotatable bonds is 5. The maximum Gasteiger partial charge on any atom is 0.0548 e. The molecular formula is C53H56N2. The number of fused-ring (bicyclic) bond motifs is 11. The predicted molar refractivity (Wildman–Crippen MR) is 236 cm³/mol. The summed E-state index contributed by atoms with van der Waals surface area (Å²) in [6.07, 6.45) is 7.76. The van der Waals surface area contributed by atoms with E-state index < -0.39 is 0 Å². The van der Waals surface area contributed by atoms with Gasteiger partial charge >= 0.3 is 0 Å². The summed E-state index contributed by atoms with van der Waals surface area (Å²) in [7, 11) is 0. The van der Waals surface area contributed by atoms with Crippen LogP contribution in [0.15, 0.2) is 146 Å². The largest absolute Gasteiger partial charge is 0.309 e. The van der Waals surface area contributed by atoms with E-state index in [-0.39, 0.29) is 5.41 Å². The van der Waals surface area contributed by atoms with Crippen LogP contribution in [-0.4, -0.2) is 9.13 Å². The van der Waals surface area contributed by atoms with Crippen molar-refractivity contribution in [3.05, 3.63) is 157 Å². The highest BCUT2D eigenvalue weighted by Gasteiger charge is 2.50. The normalized spacial score (nSPS) is 23.8. The van der Waals surface area contributed by atoms with Crippen LogP contribution in [0.1, 0.15) is 84.3 Å². The molecule has 0 N–H and O–H groups in total. The van der Waals surface area contributed by atoms with Crippen molar-refractivity contribution in [2.45, 2.75) is 78.6 Å². The average molecular weight is 721 g/mol. The highest BCUT2D eigenvalue weighted by Crippen LogP contribution is 2.57. The van der Waals surface area contributed by atoms with Gasteiger partial charge in [-0.3, -0.25) is 0 Å². The van der Waals surface area contributed by atoms with E-state index in [1.807, 2.05) is 0 Å². The molecule has 0 spiro atoms. The summed E-state index contributed by atoms with van der Waals surface area (Å²) < 4.78 is 4.95. The van der Waals surface area contributed by atoms with Gasteiger partial charge < -0.3 is 9.13 Å². The molecule has 8 aromatic rings. The Morgan fingerprint density at radius 2 is 0.945 bits per heavy atom. The molecule has 3 aliphatic rings. The van der Waals surface area contributed by atoms with Gasteiger partial charge in [0.1, 0.15) is 0 Å². The minimum absolute atomic E-state index is 0.0145. The molecule has 0 saturated heterocycles. The van der Waals surface area contributed by atoms with Crippen LogP contribution in [0.4, 0.5) is 0 Å². The molecule has 4 atom stereocenters. The van der Waals surface area contributed by atoms with Crippen molar-refractivity contribution in [2.75, 3.05) is 0 Å². The Labute approximate surface area is 327 Å². The third kappa shape index (κ3) is 5.83. The van der Waals surface area contributed by atoms with Gasteiger partial charge in [0.15, 0.2) is 0 Å². The minimum atomic E-state index is 0.0145. The lowest BCUT2D eigenvalue weighted by Gasteiger charge is -2.54. The summed E-state index contributed by atoms with van der Waals surface area (Å²) in [5.74, 6) is 3.77. The van der Waals surface area contributed by atoms with E-state index in [9.17, 15) is 0 Å². The zero-order valence-electron chi connectivity index (χ0n) is 33.4. The van der Waals surface area contributed by atoms with Gasteiger partial charge in [-0.05, 0) is 115 Å². The summed E-state index contributed by atoms with van der Waals surface area (Å²) in [6, 6.07) is 55.0. The Bertz CT molecular complexity index is 2560. The van der Waals surface area contributed by atoms with Crippen LogP contribution < -0.4 is 0 Å². The molecule has 6 aromatic carbocycles. The van der Waals surface area contributed by atoms with Crippen LogP contribution in [0.2, 0.25) is 0 Å². The molecule has 2 bridgehead atoms. The van der Waals surface area contributed by atoms with Crippen LogP contribution in [0.3, 0.4) is 0 Å². The quantitative estimate of drug-likeness (QED) is 0.168. The number of nitrogens with zero attached hydrogens (tertiary/aromatic N) is 2. The van der Waals surface area contributed by atoms with Gasteiger partial charge in [-0.1, -0.05) is 145 Å². The first-order valence-corrected chi connectivity index (χ1v) is 21.1. The fourth-order valence-corrected chi connectivity index (χ4v) is 11.3. The Morgan fingerprint density at radius 3 is 1.47 bits per heavy atom. The number of benzene rings is 6. The zero-order chi connectivity index (χ0) is 37.7. The first-order valence-electron chi connectivity index (χ1n) is 21.1. The molecule has 3 fully saturated rings. The molecule has 0 aliphatic heterocycles. The van der Waals surface area contributed by atoms with Crippen molar-refractivity contribution in [3.63, 3.8) is 0 Å². The van der Waals surface area contributed by atoms with Gasteiger partial charge in [0.25, 0.3) is 0 Å². The van der Waals surface area contributed by atoms with Crippen LogP contribution in [0.5, 0.6) is 0 Å². The molecule has 2 heterocycles. The van der Waals surface area contributed by atoms with E-state index in [1.54, 1.807) is 0 Å². The second-order valence-electron chi connectivity index (χ2n) is 17.0. The first-order chi connectivity index (χ1) is 27.0. The van der Waals surface area contributed by atoms with Gasteiger partial charge in [-0.25, -0.2) is 0 Å². The summed E-state index contributed by atoms with van der Waals surface area (Å²) in [5.41, 5.74) is 10.4. The third-order valence-electron chi connectivity index (χ3n) is 13.7. The predicted octanol–water partition coefficient (Wildman–Crippen LogP) is 14.7.